The van der Waals surface area contributed by atoms with E-state index < -0.39 is 12.2 Å². The van der Waals surface area contributed by atoms with Gasteiger partial charge in [0, 0.05) is 16.9 Å². The van der Waals surface area contributed by atoms with Gasteiger partial charge in [-0.05, 0) is 79.3 Å². The van der Waals surface area contributed by atoms with Crippen molar-refractivity contribution in [1.82, 2.24) is 0 Å². The fourth-order valence-electron chi connectivity index (χ4n) is 7.51. The third-order valence-electron chi connectivity index (χ3n) is 10.2. The lowest BCUT2D eigenvalue weighted by Crippen LogP contribution is -2.38. The van der Waals surface area contributed by atoms with Gasteiger partial charge in [0.05, 0.1) is 12.2 Å². The van der Waals surface area contributed by atoms with E-state index in [2.05, 4.69) is 53.0 Å². The maximum absolute atomic E-state index is 12.1. The standard InChI is InChI=1S/C30H44O4/c1-17(15-26-29(5,6)20(4)28(33)34-26)23-12-13-24-21(9-8-14-30(23,24)7)10-11-22-16-25(31)19(3)27(32)18(22)2/h10-11,17,19,23-27,31-32H,2,4,8-9,12-16H2,1,3,5-7H3/b21-10+,22-11-/t17-,19+,23-,24+,25-,26+,27-,30-/m1/s1. The SMILES string of the molecule is C=C1/C(=C\C=C2/CCC[C@]3(C)[C@@H]([C@H](C)C[C@@H]4OC(=O)C(=C)C4(C)C)CC[C@@H]23)C[C@@H](O)[C@H](C)[C@@H]1O. The second-order valence-corrected chi connectivity index (χ2v) is 12.4. The Labute approximate surface area is 205 Å². The number of hydrogen-bond donors (Lipinski definition) is 2. The van der Waals surface area contributed by atoms with Gasteiger partial charge in [0.25, 0.3) is 0 Å². The van der Waals surface area contributed by atoms with Crippen molar-refractivity contribution < 1.29 is 19.7 Å². The van der Waals surface area contributed by atoms with Crippen LogP contribution in [-0.4, -0.2) is 34.5 Å². The number of fused-ring (bicyclic) bond motifs is 1. The van der Waals surface area contributed by atoms with Crippen LogP contribution in [0.25, 0.3) is 0 Å². The van der Waals surface area contributed by atoms with Crippen LogP contribution in [-0.2, 0) is 9.53 Å². The van der Waals surface area contributed by atoms with Crippen LogP contribution in [0.5, 0.6) is 0 Å². The highest BCUT2D eigenvalue weighted by atomic mass is 16.6. The molecule has 0 aromatic carbocycles. The van der Waals surface area contributed by atoms with Crippen LogP contribution in [0.3, 0.4) is 0 Å². The Morgan fingerprint density at radius 2 is 1.88 bits per heavy atom. The first kappa shape index (κ1) is 25.4. The van der Waals surface area contributed by atoms with Gasteiger partial charge in [0.15, 0.2) is 0 Å². The van der Waals surface area contributed by atoms with Crippen molar-refractivity contribution in [2.24, 2.45) is 34.5 Å². The van der Waals surface area contributed by atoms with E-state index in [1.54, 1.807) is 0 Å². The normalized spacial score (nSPS) is 43.3. The van der Waals surface area contributed by atoms with Crippen molar-refractivity contribution in [3.8, 4) is 0 Å². The molecule has 2 N–H and O–H groups in total. The smallest absolute Gasteiger partial charge is 0.334 e. The van der Waals surface area contributed by atoms with Crippen molar-refractivity contribution in [3.05, 3.63) is 47.6 Å². The summed E-state index contributed by atoms with van der Waals surface area (Å²) in [7, 11) is 0. The first-order chi connectivity index (χ1) is 15.9. The Bertz CT molecular complexity index is 924. The van der Waals surface area contributed by atoms with Gasteiger partial charge in [0.1, 0.15) is 6.10 Å². The van der Waals surface area contributed by atoms with Crippen LogP contribution in [0.2, 0.25) is 0 Å². The quantitative estimate of drug-likeness (QED) is 0.398. The summed E-state index contributed by atoms with van der Waals surface area (Å²) in [5.74, 6) is 1.23. The van der Waals surface area contributed by atoms with Crippen LogP contribution >= 0.6 is 0 Å². The molecule has 0 aromatic rings. The van der Waals surface area contributed by atoms with E-state index in [0.717, 1.165) is 24.0 Å². The largest absolute Gasteiger partial charge is 0.458 e. The van der Waals surface area contributed by atoms with Gasteiger partial charge < -0.3 is 14.9 Å². The first-order valence-electron chi connectivity index (χ1n) is 13.2. The predicted octanol–water partition coefficient (Wildman–Crippen LogP) is 5.91. The molecule has 0 radical (unpaired) electrons. The molecule has 3 saturated carbocycles. The second-order valence-electron chi connectivity index (χ2n) is 12.4. The number of hydrogen-bond acceptors (Lipinski definition) is 4. The minimum absolute atomic E-state index is 0.0916. The predicted molar refractivity (Wildman–Crippen MR) is 136 cm³/mol. The summed E-state index contributed by atoms with van der Waals surface area (Å²) in [4.78, 5) is 12.1. The average molecular weight is 469 g/mol. The third kappa shape index (κ3) is 4.15. The molecule has 3 aliphatic carbocycles. The maximum Gasteiger partial charge on any atom is 0.334 e. The highest BCUT2D eigenvalue weighted by Gasteiger charge is 2.53. The van der Waals surface area contributed by atoms with Gasteiger partial charge in [0.2, 0.25) is 0 Å². The molecule has 0 aromatic heterocycles. The van der Waals surface area contributed by atoms with Crippen LogP contribution in [0.1, 0.15) is 79.6 Å². The Morgan fingerprint density at radius 1 is 1.18 bits per heavy atom. The Hall–Kier alpha value is -1.65. The van der Waals surface area contributed by atoms with E-state index in [9.17, 15) is 15.0 Å². The summed E-state index contributed by atoms with van der Waals surface area (Å²) in [6.07, 6.45) is 10.5. The van der Waals surface area contributed by atoms with Crippen LogP contribution < -0.4 is 0 Å². The molecule has 0 spiro atoms. The number of ether oxygens (including phenoxy) is 1. The number of allylic oxidation sites excluding steroid dienone is 3. The van der Waals surface area contributed by atoms with E-state index >= 15 is 0 Å². The fourth-order valence-corrected chi connectivity index (χ4v) is 7.51. The number of cyclic esters (lactones) is 1. The molecule has 34 heavy (non-hydrogen) atoms. The van der Waals surface area contributed by atoms with Crippen molar-refractivity contribution in [3.63, 3.8) is 0 Å². The molecule has 0 amide bonds. The molecule has 1 aliphatic heterocycles. The zero-order valence-corrected chi connectivity index (χ0v) is 21.8. The zero-order valence-electron chi connectivity index (χ0n) is 21.8. The molecule has 4 nitrogen and oxygen atoms in total. The van der Waals surface area contributed by atoms with Gasteiger partial charge in [-0.25, -0.2) is 4.79 Å². The maximum atomic E-state index is 12.1. The number of carbonyl (C=O) groups is 1. The summed E-state index contributed by atoms with van der Waals surface area (Å²) in [5.41, 5.74) is 3.79. The van der Waals surface area contributed by atoms with Crippen LogP contribution in [0, 0.1) is 34.5 Å². The summed E-state index contributed by atoms with van der Waals surface area (Å²) in [5, 5.41) is 20.8. The molecule has 4 aliphatic rings. The Morgan fingerprint density at radius 3 is 2.53 bits per heavy atom. The lowest BCUT2D eigenvalue weighted by Gasteiger charge is -2.45. The number of aliphatic hydroxyl groups is 2. The van der Waals surface area contributed by atoms with Crippen molar-refractivity contribution in [2.45, 2.75) is 97.9 Å². The zero-order chi connectivity index (χ0) is 25.0. The number of aliphatic hydroxyl groups excluding tert-OH is 2. The molecule has 4 rings (SSSR count). The van der Waals surface area contributed by atoms with Crippen molar-refractivity contribution in [2.75, 3.05) is 0 Å². The molecule has 1 heterocycles. The summed E-state index contributed by atoms with van der Waals surface area (Å²) >= 11 is 0. The average Bonchev–Trinajstić information content (AvgIpc) is 3.23. The van der Waals surface area contributed by atoms with E-state index in [0.29, 0.717) is 29.7 Å². The van der Waals surface area contributed by atoms with E-state index in [4.69, 9.17) is 4.74 Å². The van der Waals surface area contributed by atoms with Crippen LogP contribution in [0.4, 0.5) is 0 Å². The molecular weight excluding hydrogens is 424 g/mol. The third-order valence-corrected chi connectivity index (χ3v) is 10.2. The topological polar surface area (TPSA) is 66.8 Å². The van der Waals surface area contributed by atoms with Gasteiger partial charge in [-0.2, -0.15) is 0 Å². The minimum atomic E-state index is -0.674. The molecule has 1 saturated heterocycles. The molecule has 4 fully saturated rings. The van der Waals surface area contributed by atoms with Gasteiger partial charge in [-0.3, -0.25) is 0 Å². The van der Waals surface area contributed by atoms with Crippen molar-refractivity contribution >= 4 is 5.97 Å². The van der Waals surface area contributed by atoms with Gasteiger partial charge >= 0.3 is 5.97 Å². The van der Waals surface area contributed by atoms with E-state index in [-0.39, 0.29) is 28.8 Å². The van der Waals surface area contributed by atoms with Gasteiger partial charge in [-0.1, -0.05) is 65.5 Å². The lowest BCUT2D eigenvalue weighted by molar-refractivity contribution is -0.140. The minimum Gasteiger partial charge on any atom is -0.458 e. The van der Waals surface area contributed by atoms with Crippen LogP contribution in [0.15, 0.2) is 47.6 Å². The van der Waals surface area contributed by atoms with E-state index in [1.165, 1.54) is 31.3 Å². The number of esters is 1. The summed E-state index contributed by atoms with van der Waals surface area (Å²) < 4.78 is 5.74. The highest BCUT2D eigenvalue weighted by molar-refractivity contribution is 5.91. The molecule has 4 heteroatoms. The fraction of sp³-hybridized carbons (Fsp3) is 0.700. The monoisotopic (exact) mass is 468 g/mol. The Kier molecular flexibility index (Phi) is 6.81. The van der Waals surface area contributed by atoms with E-state index in [1.807, 2.05) is 6.92 Å². The molecule has 0 unspecified atom stereocenters. The van der Waals surface area contributed by atoms with Crippen molar-refractivity contribution in [1.29, 1.82) is 0 Å². The Balaban J connectivity index is 1.50. The van der Waals surface area contributed by atoms with Gasteiger partial charge in [-0.15, -0.1) is 0 Å². The summed E-state index contributed by atoms with van der Waals surface area (Å²) in [6.45, 7) is 19.0. The summed E-state index contributed by atoms with van der Waals surface area (Å²) in [6, 6.07) is 0. The number of rotatable bonds is 4. The molecular formula is C30H44O4. The highest BCUT2D eigenvalue weighted by Crippen LogP contribution is 2.60. The number of carbonyl (C=O) groups excluding carboxylic acids is 1. The molecule has 188 valence electrons. The second kappa shape index (κ2) is 9.09. The molecule has 0 bridgehead atoms. The first-order valence-corrected chi connectivity index (χ1v) is 13.2. The molecule has 8 atom stereocenters. The lowest BCUT2D eigenvalue weighted by atomic mass is 9.60.